The van der Waals surface area contributed by atoms with Gasteiger partial charge in [-0.3, -0.25) is 15.1 Å². The van der Waals surface area contributed by atoms with E-state index in [-0.39, 0.29) is 11.6 Å². The number of aliphatic carboxylic acids is 1. The molecule has 2 heterocycles. The van der Waals surface area contributed by atoms with Crippen molar-refractivity contribution >= 4 is 34.4 Å². The van der Waals surface area contributed by atoms with E-state index in [0.29, 0.717) is 11.4 Å². The molecule has 2 aromatic heterocycles. The van der Waals surface area contributed by atoms with Crippen molar-refractivity contribution in [2.75, 3.05) is 10.6 Å². The molecule has 10 heteroatoms. The number of pyridine rings is 1. The predicted molar refractivity (Wildman–Crippen MR) is 65.9 cm³/mol. The second kappa shape index (κ2) is 5.82. The lowest BCUT2D eigenvalue weighted by molar-refractivity contribution is -0.136. The molecule has 0 fully saturated rings. The zero-order chi connectivity index (χ0) is 13.7. The number of urea groups is 1. The fourth-order valence-corrected chi connectivity index (χ4v) is 1.56. The standard InChI is InChI=1S/C9H8N6O3S/c16-7(17)3-5-1-2-6(4-10-5)11-8(18)12-9-13-14-15-19-9/h1-2,4H,3H2,(H,16,17)(H2,11,12,13,15,18). The van der Waals surface area contributed by atoms with Crippen molar-refractivity contribution in [3.05, 3.63) is 24.0 Å². The molecule has 3 N–H and O–H groups in total. The molecule has 0 atom stereocenters. The molecule has 19 heavy (non-hydrogen) atoms. The minimum atomic E-state index is -0.963. The fraction of sp³-hybridized carbons (Fsp3) is 0.111. The molecule has 2 rings (SSSR count). The Morgan fingerprint density at radius 2 is 2.16 bits per heavy atom. The van der Waals surface area contributed by atoms with Gasteiger partial charge in [0.25, 0.3) is 0 Å². The summed E-state index contributed by atoms with van der Waals surface area (Å²) in [5.41, 5.74) is 0.843. The first kappa shape index (κ1) is 12.8. The number of rotatable bonds is 4. The number of carbonyl (C=O) groups is 2. The number of hydrogen-bond donors (Lipinski definition) is 3. The fourth-order valence-electron chi connectivity index (χ4n) is 1.20. The summed E-state index contributed by atoms with van der Waals surface area (Å²) in [6.07, 6.45) is 1.21. The van der Waals surface area contributed by atoms with Gasteiger partial charge in [0, 0.05) is 11.5 Å². The molecule has 0 radical (unpaired) electrons. The Labute approximate surface area is 110 Å². The van der Waals surface area contributed by atoms with Gasteiger partial charge in [-0.05, 0) is 17.3 Å². The molecular formula is C9H8N6O3S. The largest absolute Gasteiger partial charge is 0.481 e. The zero-order valence-electron chi connectivity index (χ0n) is 9.40. The third-order valence-electron chi connectivity index (χ3n) is 1.93. The lowest BCUT2D eigenvalue weighted by atomic mass is 10.2. The van der Waals surface area contributed by atoms with Crippen LogP contribution in [0.3, 0.4) is 0 Å². The van der Waals surface area contributed by atoms with Crippen LogP contribution in [-0.4, -0.2) is 36.9 Å². The van der Waals surface area contributed by atoms with Crippen molar-refractivity contribution < 1.29 is 14.7 Å². The summed E-state index contributed by atoms with van der Waals surface area (Å²) < 4.78 is 3.49. The van der Waals surface area contributed by atoms with Gasteiger partial charge in [0.05, 0.1) is 24.0 Å². The van der Waals surface area contributed by atoms with E-state index in [1.54, 1.807) is 6.07 Å². The number of carboxylic acid groups (broad SMARTS) is 1. The lowest BCUT2D eigenvalue weighted by Crippen LogP contribution is -2.19. The maximum Gasteiger partial charge on any atom is 0.325 e. The van der Waals surface area contributed by atoms with E-state index in [4.69, 9.17) is 5.11 Å². The van der Waals surface area contributed by atoms with Crippen molar-refractivity contribution in [1.29, 1.82) is 0 Å². The quantitative estimate of drug-likeness (QED) is 0.747. The topological polar surface area (TPSA) is 130 Å². The van der Waals surface area contributed by atoms with Gasteiger partial charge in [-0.25, -0.2) is 4.79 Å². The van der Waals surface area contributed by atoms with E-state index >= 15 is 0 Å². The second-order valence-electron chi connectivity index (χ2n) is 3.36. The molecule has 0 unspecified atom stereocenters. The lowest BCUT2D eigenvalue weighted by Gasteiger charge is -2.04. The molecule has 0 aromatic carbocycles. The van der Waals surface area contributed by atoms with Gasteiger partial charge in [-0.2, -0.15) is 0 Å². The van der Waals surface area contributed by atoms with Crippen molar-refractivity contribution in [1.82, 2.24) is 19.8 Å². The summed E-state index contributed by atoms with van der Waals surface area (Å²) in [5.74, 6) is -0.963. The van der Waals surface area contributed by atoms with Crippen LogP contribution in [0.15, 0.2) is 18.3 Å². The SMILES string of the molecule is O=C(O)Cc1ccc(NC(=O)Nc2nnns2)cn1. The Morgan fingerprint density at radius 1 is 1.32 bits per heavy atom. The third-order valence-corrected chi connectivity index (χ3v) is 2.45. The van der Waals surface area contributed by atoms with E-state index < -0.39 is 12.0 Å². The molecule has 0 aliphatic rings. The van der Waals surface area contributed by atoms with Crippen LogP contribution in [0.1, 0.15) is 5.69 Å². The Morgan fingerprint density at radius 3 is 2.74 bits per heavy atom. The molecule has 2 aromatic rings. The summed E-state index contributed by atoms with van der Waals surface area (Å²) in [6.45, 7) is 0. The molecule has 0 aliphatic heterocycles. The minimum absolute atomic E-state index is 0.164. The number of nitrogens with one attached hydrogen (secondary N) is 2. The minimum Gasteiger partial charge on any atom is -0.481 e. The highest BCUT2D eigenvalue weighted by atomic mass is 32.1. The van der Waals surface area contributed by atoms with Crippen LogP contribution in [0.2, 0.25) is 0 Å². The normalized spacial score (nSPS) is 9.89. The summed E-state index contributed by atoms with van der Waals surface area (Å²) >= 11 is 0.946. The maximum absolute atomic E-state index is 11.5. The first-order valence-electron chi connectivity index (χ1n) is 5.03. The first-order valence-corrected chi connectivity index (χ1v) is 5.80. The Hall–Kier alpha value is -2.62. The van der Waals surface area contributed by atoms with Crippen LogP contribution in [0, 0.1) is 0 Å². The number of amides is 2. The second-order valence-corrected chi connectivity index (χ2v) is 4.09. The smallest absolute Gasteiger partial charge is 0.325 e. The highest BCUT2D eigenvalue weighted by Gasteiger charge is 2.06. The number of aromatic nitrogens is 4. The van der Waals surface area contributed by atoms with Crippen molar-refractivity contribution in [3.63, 3.8) is 0 Å². The number of carbonyl (C=O) groups excluding carboxylic acids is 1. The van der Waals surface area contributed by atoms with Crippen molar-refractivity contribution in [2.45, 2.75) is 6.42 Å². The Kier molecular flexibility index (Phi) is 3.93. The van der Waals surface area contributed by atoms with Gasteiger partial charge in [0.1, 0.15) is 0 Å². The Balaban J connectivity index is 1.92. The average Bonchev–Trinajstić information content (AvgIpc) is 2.83. The molecule has 2 amide bonds. The molecule has 9 nitrogen and oxygen atoms in total. The van der Waals surface area contributed by atoms with E-state index in [0.717, 1.165) is 11.5 Å². The van der Waals surface area contributed by atoms with Crippen LogP contribution in [-0.2, 0) is 11.2 Å². The summed E-state index contributed by atoms with van der Waals surface area (Å²) in [6, 6.07) is 2.57. The van der Waals surface area contributed by atoms with Crippen LogP contribution in [0.25, 0.3) is 0 Å². The van der Waals surface area contributed by atoms with Crippen molar-refractivity contribution in [2.24, 2.45) is 0 Å². The number of anilines is 2. The zero-order valence-corrected chi connectivity index (χ0v) is 10.2. The molecule has 0 saturated carbocycles. The molecule has 0 bridgehead atoms. The van der Waals surface area contributed by atoms with Gasteiger partial charge < -0.3 is 10.4 Å². The number of hydrogen-bond acceptors (Lipinski definition) is 7. The van der Waals surface area contributed by atoms with Crippen LogP contribution in [0.4, 0.5) is 15.6 Å². The summed E-state index contributed by atoms with van der Waals surface area (Å²) in [7, 11) is 0. The highest BCUT2D eigenvalue weighted by Crippen LogP contribution is 2.09. The van der Waals surface area contributed by atoms with E-state index in [2.05, 4.69) is 30.4 Å². The van der Waals surface area contributed by atoms with E-state index in [1.165, 1.54) is 12.3 Å². The summed E-state index contributed by atoms with van der Waals surface area (Å²) in [5, 5.41) is 20.7. The first-order chi connectivity index (χ1) is 9.13. The van der Waals surface area contributed by atoms with Crippen molar-refractivity contribution in [3.8, 4) is 0 Å². The highest BCUT2D eigenvalue weighted by molar-refractivity contribution is 7.09. The van der Waals surface area contributed by atoms with Crippen LogP contribution in [0.5, 0.6) is 0 Å². The molecule has 0 spiro atoms. The number of carboxylic acids is 1. The molecular weight excluding hydrogens is 272 g/mol. The Bertz CT molecular complexity index is 570. The summed E-state index contributed by atoms with van der Waals surface area (Å²) in [4.78, 5) is 25.9. The van der Waals surface area contributed by atoms with E-state index in [9.17, 15) is 9.59 Å². The molecule has 0 aliphatic carbocycles. The maximum atomic E-state index is 11.5. The third kappa shape index (κ3) is 3.96. The molecule has 0 saturated heterocycles. The number of nitrogens with zero attached hydrogens (tertiary/aromatic N) is 4. The van der Waals surface area contributed by atoms with Crippen LogP contribution < -0.4 is 10.6 Å². The monoisotopic (exact) mass is 280 g/mol. The van der Waals surface area contributed by atoms with Gasteiger partial charge in [0.15, 0.2) is 0 Å². The van der Waals surface area contributed by atoms with E-state index in [1.807, 2.05) is 0 Å². The van der Waals surface area contributed by atoms with Gasteiger partial charge in [-0.15, -0.1) is 0 Å². The molecule has 98 valence electrons. The predicted octanol–water partition coefficient (Wildman–Crippen LogP) is 0.599. The van der Waals surface area contributed by atoms with Gasteiger partial charge >= 0.3 is 12.0 Å². The van der Waals surface area contributed by atoms with Gasteiger partial charge in [-0.1, -0.05) is 9.59 Å². The average molecular weight is 280 g/mol. The van der Waals surface area contributed by atoms with Crippen LogP contribution >= 0.6 is 11.5 Å². The van der Waals surface area contributed by atoms with Gasteiger partial charge in [0.2, 0.25) is 5.13 Å².